The molecule has 0 saturated carbocycles. The molecule has 0 radical (unpaired) electrons. The lowest BCUT2D eigenvalue weighted by molar-refractivity contribution is -0.385. The van der Waals surface area contributed by atoms with E-state index in [2.05, 4.69) is 5.10 Å². The molecule has 0 atom stereocenters. The van der Waals surface area contributed by atoms with Gasteiger partial charge in [0, 0.05) is 12.3 Å². The molecule has 8 heteroatoms. The van der Waals surface area contributed by atoms with Gasteiger partial charge in [-0.05, 0) is 25.1 Å². The van der Waals surface area contributed by atoms with Crippen LogP contribution >= 0.6 is 0 Å². The smallest absolute Gasteiger partial charge is 0.280 e. The van der Waals surface area contributed by atoms with Gasteiger partial charge in [-0.3, -0.25) is 19.7 Å². The van der Waals surface area contributed by atoms with Gasteiger partial charge < -0.3 is 5.73 Å². The first-order chi connectivity index (χ1) is 9.40. The first-order valence-electron chi connectivity index (χ1n) is 5.55. The van der Waals surface area contributed by atoms with Crippen LogP contribution in [0.5, 0.6) is 0 Å². The van der Waals surface area contributed by atoms with Gasteiger partial charge in [-0.1, -0.05) is 0 Å². The van der Waals surface area contributed by atoms with E-state index in [0.717, 1.165) is 0 Å². The topological polar surface area (TPSA) is 121 Å². The summed E-state index contributed by atoms with van der Waals surface area (Å²) in [7, 11) is 0. The Labute approximate surface area is 113 Å². The maximum Gasteiger partial charge on any atom is 0.280 e. The molecule has 0 unspecified atom stereocenters. The lowest BCUT2D eigenvalue weighted by Gasteiger charge is -2.04. The van der Waals surface area contributed by atoms with Gasteiger partial charge in [0.25, 0.3) is 11.6 Å². The van der Waals surface area contributed by atoms with Crippen molar-refractivity contribution in [1.29, 1.82) is 0 Å². The zero-order valence-corrected chi connectivity index (χ0v) is 10.4. The van der Waals surface area contributed by atoms with E-state index in [1.165, 1.54) is 42.1 Å². The Bertz CT molecular complexity index is 720. The third-order valence-corrected chi connectivity index (χ3v) is 2.66. The van der Waals surface area contributed by atoms with E-state index in [0.29, 0.717) is 5.69 Å². The average molecular weight is 274 g/mol. The second-order valence-electron chi connectivity index (χ2n) is 4.02. The number of rotatable bonds is 4. The van der Waals surface area contributed by atoms with Crippen molar-refractivity contribution in [2.24, 2.45) is 5.73 Å². The number of aromatic nitrogens is 2. The predicted molar refractivity (Wildman–Crippen MR) is 68.7 cm³/mol. The first kappa shape index (κ1) is 13.4. The molecule has 0 saturated heterocycles. The normalized spacial score (nSPS) is 10.2. The largest absolute Gasteiger partial charge is 0.364 e. The number of benzene rings is 1. The van der Waals surface area contributed by atoms with Crippen molar-refractivity contribution in [3.63, 3.8) is 0 Å². The number of primary amides is 1. The molecule has 8 nitrogen and oxygen atoms in total. The molecule has 1 aromatic carbocycles. The highest BCUT2D eigenvalue weighted by Crippen LogP contribution is 2.22. The molecule has 0 spiro atoms. The van der Waals surface area contributed by atoms with Crippen LogP contribution in [0.1, 0.15) is 27.8 Å². The van der Waals surface area contributed by atoms with E-state index in [1.54, 1.807) is 0 Å². The maximum absolute atomic E-state index is 11.5. The van der Waals surface area contributed by atoms with Crippen LogP contribution in [0.3, 0.4) is 0 Å². The number of carbonyl (C=O) groups is 2. The summed E-state index contributed by atoms with van der Waals surface area (Å²) in [4.78, 5) is 32.6. The van der Waals surface area contributed by atoms with Gasteiger partial charge in [-0.25, -0.2) is 4.68 Å². The highest BCUT2D eigenvalue weighted by Gasteiger charge is 2.18. The van der Waals surface area contributed by atoms with Crippen LogP contribution < -0.4 is 5.73 Å². The van der Waals surface area contributed by atoms with Crippen molar-refractivity contribution < 1.29 is 14.5 Å². The number of hydrogen-bond donors (Lipinski definition) is 1. The molecule has 1 amide bonds. The lowest BCUT2D eigenvalue weighted by Crippen LogP contribution is -2.12. The second kappa shape index (κ2) is 4.92. The minimum atomic E-state index is -0.683. The minimum absolute atomic E-state index is 0.0244. The second-order valence-corrected chi connectivity index (χ2v) is 4.02. The Morgan fingerprint density at radius 1 is 1.35 bits per heavy atom. The van der Waals surface area contributed by atoms with E-state index in [1.807, 2.05) is 0 Å². The van der Waals surface area contributed by atoms with Crippen LogP contribution in [-0.2, 0) is 0 Å². The van der Waals surface area contributed by atoms with Gasteiger partial charge in [-0.15, -0.1) is 0 Å². The van der Waals surface area contributed by atoms with Crippen LogP contribution in [0.2, 0.25) is 0 Å². The molecule has 2 N–H and O–H groups in total. The Morgan fingerprint density at radius 3 is 2.55 bits per heavy atom. The molecular weight excluding hydrogens is 264 g/mol. The zero-order chi connectivity index (χ0) is 14.9. The van der Waals surface area contributed by atoms with Crippen molar-refractivity contribution in [3.8, 4) is 5.69 Å². The molecule has 0 bridgehead atoms. The van der Waals surface area contributed by atoms with Crippen molar-refractivity contribution in [3.05, 3.63) is 51.8 Å². The maximum atomic E-state index is 11.5. The van der Waals surface area contributed by atoms with Gasteiger partial charge in [-0.2, -0.15) is 5.10 Å². The summed E-state index contributed by atoms with van der Waals surface area (Å²) in [5.41, 5.74) is 5.28. The van der Waals surface area contributed by atoms with Gasteiger partial charge in [0.15, 0.2) is 5.78 Å². The average Bonchev–Trinajstić information content (AvgIpc) is 2.87. The number of ketones is 1. The predicted octanol–water partition coefficient (Wildman–Crippen LogP) is 1.08. The van der Waals surface area contributed by atoms with Gasteiger partial charge in [0.2, 0.25) is 0 Å². The molecular formula is C12H10N4O4. The Morgan fingerprint density at radius 2 is 2.05 bits per heavy atom. The summed E-state index contributed by atoms with van der Waals surface area (Å²) in [6, 6.07) is 5.41. The van der Waals surface area contributed by atoms with Gasteiger partial charge >= 0.3 is 0 Å². The summed E-state index contributed by atoms with van der Waals surface area (Å²) in [5, 5.41) is 14.8. The summed E-state index contributed by atoms with van der Waals surface area (Å²) in [6.45, 7) is 1.24. The molecule has 2 rings (SSSR count). The fourth-order valence-electron chi connectivity index (χ4n) is 1.71. The molecule has 0 fully saturated rings. The Hall–Kier alpha value is -3.03. The molecule has 102 valence electrons. The number of nitrogens with two attached hydrogens (primary N) is 1. The molecule has 0 aliphatic carbocycles. The number of hydrogen-bond acceptors (Lipinski definition) is 5. The van der Waals surface area contributed by atoms with Crippen LogP contribution in [0.4, 0.5) is 5.69 Å². The number of Topliss-reactive ketones (excluding diaryl/α,β-unsaturated/α-hetero) is 1. The van der Waals surface area contributed by atoms with Crippen molar-refractivity contribution in [2.75, 3.05) is 0 Å². The van der Waals surface area contributed by atoms with E-state index >= 15 is 0 Å². The summed E-state index contributed by atoms with van der Waals surface area (Å²) >= 11 is 0. The standard InChI is InChI=1S/C12H10N4O4/c1-7(17)9-6-8(2-3-11(9)16(19)20)15-5-4-10(14-15)12(13)18/h2-6H,1H3,(H2,13,18). The molecule has 20 heavy (non-hydrogen) atoms. The SMILES string of the molecule is CC(=O)c1cc(-n2ccc(C(N)=O)n2)ccc1[N+](=O)[O-]. The number of nitro benzene ring substituents is 1. The van der Waals surface area contributed by atoms with Crippen molar-refractivity contribution >= 4 is 17.4 Å². The third-order valence-electron chi connectivity index (χ3n) is 2.66. The Kier molecular flexibility index (Phi) is 3.30. The quantitative estimate of drug-likeness (QED) is 0.508. The van der Waals surface area contributed by atoms with Crippen LogP contribution in [0.15, 0.2) is 30.5 Å². The highest BCUT2D eigenvalue weighted by atomic mass is 16.6. The minimum Gasteiger partial charge on any atom is -0.364 e. The third kappa shape index (κ3) is 2.39. The fourth-order valence-corrected chi connectivity index (χ4v) is 1.71. The van der Waals surface area contributed by atoms with Gasteiger partial charge in [0.05, 0.1) is 16.2 Å². The summed E-state index contributed by atoms with van der Waals surface area (Å²) < 4.78 is 1.32. The molecule has 1 heterocycles. The fraction of sp³-hybridized carbons (Fsp3) is 0.0833. The van der Waals surface area contributed by atoms with Crippen LogP contribution in [0, 0.1) is 10.1 Å². The monoisotopic (exact) mass is 274 g/mol. The molecule has 2 aromatic rings. The van der Waals surface area contributed by atoms with Crippen molar-refractivity contribution in [2.45, 2.75) is 6.92 Å². The summed E-state index contributed by atoms with van der Waals surface area (Å²) in [6.07, 6.45) is 1.48. The van der Waals surface area contributed by atoms with E-state index in [9.17, 15) is 19.7 Å². The number of nitro groups is 1. The molecule has 0 aliphatic rings. The lowest BCUT2D eigenvalue weighted by atomic mass is 10.1. The van der Waals surface area contributed by atoms with Gasteiger partial charge in [0.1, 0.15) is 5.69 Å². The summed E-state index contributed by atoms with van der Waals surface area (Å²) in [5.74, 6) is -1.11. The zero-order valence-electron chi connectivity index (χ0n) is 10.4. The van der Waals surface area contributed by atoms with Crippen molar-refractivity contribution in [1.82, 2.24) is 9.78 Å². The number of amides is 1. The van der Waals surface area contributed by atoms with E-state index in [-0.39, 0.29) is 16.9 Å². The number of carbonyl (C=O) groups excluding carboxylic acids is 2. The highest BCUT2D eigenvalue weighted by molar-refractivity contribution is 5.98. The first-order valence-corrected chi connectivity index (χ1v) is 5.55. The molecule has 0 aliphatic heterocycles. The number of nitrogens with zero attached hydrogens (tertiary/aromatic N) is 3. The molecule has 1 aromatic heterocycles. The van der Waals surface area contributed by atoms with E-state index < -0.39 is 16.6 Å². The van der Waals surface area contributed by atoms with E-state index in [4.69, 9.17) is 5.73 Å². The van der Waals surface area contributed by atoms with Crippen LogP contribution in [0.25, 0.3) is 5.69 Å². The van der Waals surface area contributed by atoms with Crippen LogP contribution in [-0.4, -0.2) is 26.4 Å². The Balaban J connectivity index is 2.52.